The van der Waals surface area contributed by atoms with E-state index in [0.717, 1.165) is 0 Å². The molecule has 0 radical (unpaired) electrons. The lowest BCUT2D eigenvalue weighted by molar-refractivity contribution is -0.144. The molecule has 6 heteroatoms. The van der Waals surface area contributed by atoms with Crippen LogP contribution in [0.1, 0.15) is 12.5 Å². The lowest BCUT2D eigenvalue weighted by Gasteiger charge is -2.15. The molecule has 1 atom stereocenters. The van der Waals surface area contributed by atoms with Crippen LogP contribution < -0.4 is 9.47 Å². The Hall–Kier alpha value is -2.53. The van der Waals surface area contributed by atoms with Crippen molar-refractivity contribution in [1.29, 1.82) is 0 Å². The number of methoxy groups -OCH3 is 1. The predicted octanol–water partition coefficient (Wildman–Crippen LogP) is 3.95. The molecule has 0 fully saturated rings. The Morgan fingerprint density at radius 2 is 2.04 bits per heavy atom. The monoisotopic (exact) mass is 333 g/mol. The molecule has 0 saturated heterocycles. The molecule has 0 aliphatic carbocycles. The fourth-order valence-electron chi connectivity index (χ4n) is 1.85. The van der Waals surface area contributed by atoms with E-state index >= 15 is 0 Å². The Bertz CT molecular complexity index is 730. The number of hydrogen-bond donors (Lipinski definition) is 1. The molecule has 1 N–H and O–H groups in total. The standard InChI is InChI=1S/C17H16ClNO4/c1-11(17(20)21)23-16-12(5-3-8-15(16)22-2)10-19-14-7-4-6-13(18)9-14/h3-11H,1-2H3,(H,20,21)/t11-/m0/s1. The first-order valence-corrected chi connectivity index (χ1v) is 7.25. The molecule has 0 unspecified atom stereocenters. The van der Waals surface area contributed by atoms with E-state index in [0.29, 0.717) is 27.8 Å². The minimum absolute atomic E-state index is 0.329. The van der Waals surface area contributed by atoms with Crippen molar-refractivity contribution in [2.45, 2.75) is 13.0 Å². The van der Waals surface area contributed by atoms with Gasteiger partial charge < -0.3 is 14.6 Å². The number of halogens is 1. The minimum atomic E-state index is -1.06. The molecule has 0 saturated carbocycles. The molecule has 2 rings (SSSR count). The lowest BCUT2D eigenvalue weighted by atomic mass is 10.2. The van der Waals surface area contributed by atoms with Gasteiger partial charge in [-0.25, -0.2) is 4.79 Å². The summed E-state index contributed by atoms with van der Waals surface area (Å²) < 4.78 is 10.7. The highest BCUT2D eigenvalue weighted by atomic mass is 35.5. The van der Waals surface area contributed by atoms with Gasteiger partial charge in [-0.2, -0.15) is 0 Å². The number of carboxylic acids is 1. The van der Waals surface area contributed by atoms with Crippen molar-refractivity contribution in [3.63, 3.8) is 0 Å². The van der Waals surface area contributed by atoms with Gasteiger partial charge in [0.1, 0.15) is 0 Å². The second-order valence-corrected chi connectivity index (χ2v) is 5.15. The number of para-hydroxylation sites is 1. The van der Waals surface area contributed by atoms with Gasteiger partial charge >= 0.3 is 5.97 Å². The summed E-state index contributed by atoms with van der Waals surface area (Å²) in [5.74, 6) is -0.294. The summed E-state index contributed by atoms with van der Waals surface area (Å²) in [4.78, 5) is 15.4. The average Bonchev–Trinajstić information content (AvgIpc) is 2.53. The number of ether oxygens (including phenoxy) is 2. The van der Waals surface area contributed by atoms with Crippen molar-refractivity contribution in [3.8, 4) is 11.5 Å². The Morgan fingerprint density at radius 3 is 2.70 bits per heavy atom. The highest BCUT2D eigenvalue weighted by Crippen LogP contribution is 2.31. The van der Waals surface area contributed by atoms with E-state index in [1.54, 1.807) is 42.6 Å². The molecule has 0 aliphatic rings. The Morgan fingerprint density at radius 1 is 1.30 bits per heavy atom. The molecule has 5 nitrogen and oxygen atoms in total. The van der Waals surface area contributed by atoms with Crippen molar-refractivity contribution >= 4 is 29.5 Å². The molecule has 2 aromatic rings. The summed E-state index contributed by atoms with van der Waals surface area (Å²) in [6.07, 6.45) is 0.572. The number of aliphatic imine (C=N–C) groups is 1. The maximum atomic E-state index is 11.0. The fraction of sp³-hybridized carbons (Fsp3) is 0.176. The Kier molecular flexibility index (Phi) is 5.60. The van der Waals surface area contributed by atoms with Gasteiger partial charge in [0.25, 0.3) is 0 Å². The second kappa shape index (κ2) is 7.65. The summed E-state index contributed by atoms with van der Waals surface area (Å²) in [6.45, 7) is 1.45. The Labute approximate surface area is 139 Å². The number of carbonyl (C=O) groups is 1. The average molecular weight is 334 g/mol. The summed E-state index contributed by atoms with van der Waals surface area (Å²) in [5, 5.41) is 9.61. The number of carboxylic acid groups (broad SMARTS) is 1. The predicted molar refractivity (Wildman–Crippen MR) is 89.4 cm³/mol. The summed E-state index contributed by atoms with van der Waals surface area (Å²) in [5.41, 5.74) is 1.29. The number of aliphatic carboxylic acids is 1. The van der Waals surface area contributed by atoms with Crippen molar-refractivity contribution < 1.29 is 19.4 Å². The third-order valence-corrected chi connectivity index (χ3v) is 3.27. The number of hydrogen-bond acceptors (Lipinski definition) is 4. The molecule has 0 amide bonds. The van der Waals surface area contributed by atoms with Crippen LogP contribution in [0, 0.1) is 0 Å². The van der Waals surface area contributed by atoms with Gasteiger partial charge in [0.2, 0.25) is 0 Å². The molecule has 0 spiro atoms. The SMILES string of the molecule is COc1cccc(C=Nc2cccc(Cl)c2)c1O[C@@H](C)C(=O)O. The lowest BCUT2D eigenvalue weighted by Crippen LogP contribution is -2.23. The second-order valence-electron chi connectivity index (χ2n) is 4.72. The Balaban J connectivity index is 2.35. The van der Waals surface area contributed by atoms with E-state index in [-0.39, 0.29) is 0 Å². The van der Waals surface area contributed by atoms with E-state index in [1.165, 1.54) is 14.0 Å². The fourth-order valence-corrected chi connectivity index (χ4v) is 2.03. The van der Waals surface area contributed by atoms with E-state index < -0.39 is 12.1 Å². The van der Waals surface area contributed by atoms with Crippen molar-refractivity contribution in [1.82, 2.24) is 0 Å². The molecular formula is C17H16ClNO4. The van der Waals surface area contributed by atoms with E-state index in [2.05, 4.69) is 4.99 Å². The maximum absolute atomic E-state index is 11.0. The third-order valence-electron chi connectivity index (χ3n) is 3.03. The molecule has 2 aromatic carbocycles. The minimum Gasteiger partial charge on any atom is -0.493 e. The van der Waals surface area contributed by atoms with Gasteiger partial charge in [0.05, 0.1) is 12.8 Å². The van der Waals surface area contributed by atoms with Crippen LogP contribution in [0.3, 0.4) is 0 Å². The molecule has 23 heavy (non-hydrogen) atoms. The maximum Gasteiger partial charge on any atom is 0.344 e. The summed E-state index contributed by atoms with van der Waals surface area (Å²) in [6, 6.07) is 12.3. The first-order chi connectivity index (χ1) is 11.0. The van der Waals surface area contributed by atoms with Crippen LogP contribution in [-0.4, -0.2) is 30.5 Å². The highest BCUT2D eigenvalue weighted by Gasteiger charge is 2.17. The van der Waals surface area contributed by atoms with E-state index in [4.69, 9.17) is 26.2 Å². The molecule has 0 aliphatic heterocycles. The van der Waals surface area contributed by atoms with Crippen LogP contribution in [0.4, 0.5) is 5.69 Å². The van der Waals surface area contributed by atoms with Gasteiger partial charge in [0.15, 0.2) is 17.6 Å². The first-order valence-electron chi connectivity index (χ1n) is 6.87. The van der Waals surface area contributed by atoms with Gasteiger partial charge in [-0.15, -0.1) is 0 Å². The molecule has 0 heterocycles. The van der Waals surface area contributed by atoms with Gasteiger partial charge in [0, 0.05) is 16.8 Å². The zero-order valence-corrected chi connectivity index (χ0v) is 13.4. The quantitative estimate of drug-likeness (QED) is 0.813. The zero-order chi connectivity index (χ0) is 16.8. The van der Waals surface area contributed by atoms with Gasteiger partial charge in [-0.3, -0.25) is 4.99 Å². The van der Waals surface area contributed by atoms with Crippen molar-refractivity contribution in [2.24, 2.45) is 4.99 Å². The van der Waals surface area contributed by atoms with Crippen LogP contribution in [0.2, 0.25) is 5.02 Å². The number of nitrogens with zero attached hydrogens (tertiary/aromatic N) is 1. The number of benzene rings is 2. The molecule has 0 bridgehead atoms. The van der Waals surface area contributed by atoms with E-state index in [1.807, 2.05) is 6.07 Å². The smallest absolute Gasteiger partial charge is 0.344 e. The number of rotatable bonds is 6. The molecular weight excluding hydrogens is 318 g/mol. The topological polar surface area (TPSA) is 68.1 Å². The van der Waals surface area contributed by atoms with Crippen LogP contribution in [-0.2, 0) is 4.79 Å². The highest BCUT2D eigenvalue weighted by molar-refractivity contribution is 6.30. The van der Waals surface area contributed by atoms with Gasteiger partial charge in [-0.05, 0) is 37.3 Å². The third kappa shape index (κ3) is 4.47. The first kappa shape index (κ1) is 16.8. The molecule has 0 aromatic heterocycles. The normalized spacial score (nSPS) is 12.1. The summed E-state index contributed by atoms with van der Waals surface area (Å²) in [7, 11) is 1.49. The van der Waals surface area contributed by atoms with Gasteiger partial charge in [-0.1, -0.05) is 23.7 Å². The largest absolute Gasteiger partial charge is 0.493 e. The molecule has 120 valence electrons. The van der Waals surface area contributed by atoms with Crippen LogP contribution in [0.5, 0.6) is 11.5 Å². The summed E-state index contributed by atoms with van der Waals surface area (Å²) >= 11 is 5.93. The van der Waals surface area contributed by atoms with E-state index in [9.17, 15) is 4.79 Å². The van der Waals surface area contributed by atoms with Crippen LogP contribution in [0.25, 0.3) is 0 Å². The zero-order valence-electron chi connectivity index (χ0n) is 12.7. The van der Waals surface area contributed by atoms with Crippen molar-refractivity contribution in [3.05, 3.63) is 53.1 Å². The van der Waals surface area contributed by atoms with Crippen molar-refractivity contribution in [2.75, 3.05) is 7.11 Å². The van der Waals surface area contributed by atoms with Crippen LogP contribution in [0.15, 0.2) is 47.5 Å². The van der Waals surface area contributed by atoms with Crippen LogP contribution >= 0.6 is 11.6 Å².